The lowest BCUT2D eigenvalue weighted by atomic mass is 10.1. The maximum atomic E-state index is 13.0. The Morgan fingerprint density at radius 1 is 1.00 bits per heavy atom. The third kappa shape index (κ3) is 2.88. The number of aromatic hydroxyl groups is 1. The standard InChI is InChI=1S/C19H18BrNO7/c1-24-10-6-5-8(7-9(10)21)15-12(20)13(22)11-14(23)17(25-2)19(27-4)18(26-3)16(11)28-15/h5-7,23H,21H2,1-4H3. The number of anilines is 1. The summed E-state index contributed by atoms with van der Waals surface area (Å²) < 4.78 is 27.1. The Labute approximate surface area is 168 Å². The molecule has 9 heteroatoms. The summed E-state index contributed by atoms with van der Waals surface area (Å²) in [6.07, 6.45) is 0. The highest BCUT2D eigenvalue weighted by Gasteiger charge is 2.28. The smallest absolute Gasteiger partial charge is 0.211 e. The second-order valence-electron chi connectivity index (χ2n) is 5.68. The van der Waals surface area contributed by atoms with E-state index >= 15 is 0 Å². The molecule has 0 aliphatic heterocycles. The van der Waals surface area contributed by atoms with Crippen molar-refractivity contribution in [1.29, 1.82) is 0 Å². The molecule has 0 unspecified atom stereocenters. The van der Waals surface area contributed by atoms with Gasteiger partial charge >= 0.3 is 0 Å². The van der Waals surface area contributed by atoms with E-state index in [4.69, 9.17) is 29.1 Å². The Morgan fingerprint density at radius 2 is 1.64 bits per heavy atom. The molecule has 148 valence electrons. The van der Waals surface area contributed by atoms with Gasteiger partial charge in [0.15, 0.2) is 17.1 Å². The Bertz CT molecular complexity index is 1120. The lowest BCUT2D eigenvalue weighted by Crippen LogP contribution is -2.07. The number of phenols is 1. The summed E-state index contributed by atoms with van der Waals surface area (Å²) in [7, 11) is 5.62. The number of rotatable bonds is 5. The molecule has 0 saturated heterocycles. The van der Waals surface area contributed by atoms with Gasteiger partial charge in [-0.1, -0.05) is 0 Å². The van der Waals surface area contributed by atoms with Gasteiger partial charge in [-0.05, 0) is 34.1 Å². The van der Waals surface area contributed by atoms with Gasteiger partial charge in [-0.3, -0.25) is 4.79 Å². The fourth-order valence-corrected chi connectivity index (χ4v) is 3.45. The zero-order chi connectivity index (χ0) is 20.6. The van der Waals surface area contributed by atoms with Crippen molar-refractivity contribution in [2.24, 2.45) is 0 Å². The van der Waals surface area contributed by atoms with Gasteiger partial charge in [0.25, 0.3) is 0 Å². The highest BCUT2D eigenvalue weighted by molar-refractivity contribution is 9.10. The molecular formula is C19H18BrNO7. The van der Waals surface area contributed by atoms with Gasteiger partial charge in [-0.25, -0.2) is 0 Å². The van der Waals surface area contributed by atoms with Crippen LogP contribution in [-0.4, -0.2) is 33.5 Å². The van der Waals surface area contributed by atoms with Gasteiger partial charge in [0.05, 0.1) is 34.1 Å². The minimum absolute atomic E-state index is 0.00948. The number of methoxy groups -OCH3 is 4. The molecule has 0 amide bonds. The number of nitrogen functional groups attached to an aromatic ring is 1. The monoisotopic (exact) mass is 451 g/mol. The van der Waals surface area contributed by atoms with E-state index in [0.717, 1.165) is 0 Å². The molecular weight excluding hydrogens is 434 g/mol. The Hall–Kier alpha value is -3.07. The molecule has 28 heavy (non-hydrogen) atoms. The van der Waals surface area contributed by atoms with E-state index in [-0.39, 0.29) is 38.5 Å². The van der Waals surface area contributed by atoms with Crippen LogP contribution in [0.1, 0.15) is 0 Å². The van der Waals surface area contributed by atoms with Crippen LogP contribution in [0.2, 0.25) is 0 Å². The molecule has 1 aromatic heterocycles. The Kier molecular flexibility index (Phi) is 5.28. The van der Waals surface area contributed by atoms with Crippen molar-refractivity contribution in [2.45, 2.75) is 0 Å². The lowest BCUT2D eigenvalue weighted by Gasteiger charge is -2.17. The van der Waals surface area contributed by atoms with E-state index in [1.54, 1.807) is 18.2 Å². The molecule has 3 aromatic rings. The van der Waals surface area contributed by atoms with Crippen LogP contribution < -0.4 is 30.1 Å². The number of ether oxygens (including phenoxy) is 4. The molecule has 8 nitrogen and oxygen atoms in total. The second kappa shape index (κ2) is 7.51. The Morgan fingerprint density at radius 3 is 2.18 bits per heavy atom. The quantitative estimate of drug-likeness (QED) is 0.566. The van der Waals surface area contributed by atoms with Gasteiger partial charge in [0.1, 0.15) is 15.6 Å². The van der Waals surface area contributed by atoms with Crippen molar-refractivity contribution in [3.8, 4) is 40.1 Å². The summed E-state index contributed by atoms with van der Waals surface area (Å²) in [5.74, 6) is 0.458. The summed E-state index contributed by atoms with van der Waals surface area (Å²) >= 11 is 3.26. The summed E-state index contributed by atoms with van der Waals surface area (Å²) in [4.78, 5) is 13.0. The van der Waals surface area contributed by atoms with Crippen LogP contribution in [0.25, 0.3) is 22.3 Å². The highest BCUT2D eigenvalue weighted by atomic mass is 79.9. The number of fused-ring (bicyclic) bond motifs is 1. The molecule has 2 aromatic carbocycles. The van der Waals surface area contributed by atoms with Crippen molar-refractivity contribution in [3.63, 3.8) is 0 Å². The lowest BCUT2D eigenvalue weighted by molar-refractivity contribution is 0.311. The number of nitrogens with two attached hydrogens (primary N) is 1. The first-order chi connectivity index (χ1) is 13.4. The van der Waals surface area contributed by atoms with Gasteiger partial charge in [-0.15, -0.1) is 0 Å². The normalized spacial score (nSPS) is 10.8. The van der Waals surface area contributed by atoms with Crippen molar-refractivity contribution in [2.75, 3.05) is 34.2 Å². The fraction of sp³-hybridized carbons (Fsp3) is 0.211. The molecule has 0 bridgehead atoms. The predicted octanol–water partition coefficient (Wildman–Crippen LogP) is 3.54. The van der Waals surface area contributed by atoms with E-state index in [1.165, 1.54) is 28.4 Å². The maximum absolute atomic E-state index is 13.0. The van der Waals surface area contributed by atoms with Crippen LogP contribution in [0, 0.1) is 0 Å². The van der Waals surface area contributed by atoms with E-state index in [1.807, 2.05) is 0 Å². The number of halogens is 1. The molecule has 3 N–H and O–H groups in total. The van der Waals surface area contributed by atoms with E-state index in [2.05, 4.69) is 15.9 Å². The zero-order valence-electron chi connectivity index (χ0n) is 15.6. The van der Waals surface area contributed by atoms with Gasteiger partial charge in [0, 0.05) is 5.56 Å². The topological polar surface area (TPSA) is 113 Å². The van der Waals surface area contributed by atoms with Crippen LogP contribution in [0.15, 0.2) is 31.9 Å². The van der Waals surface area contributed by atoms with Crippen LogP contribution >= 0.6 is 15.9 Å². The highest BCUT2D eigenvalue weighted by Crippen LogP contribution is 2.50. The van der Waals surface area contributed by atoms with E-state index < -0.39 is 11.2 Å². The minimum atomic E-state index is -0.512. The average molecular weight is 452 g/mol. The SMILES string of the molecule is COc1ccc(-c2oc3c(OC)c(OC)c(OC)c(O)c3c(=O)c2Br)cc1N. The van der Waals surface area contributed by atoms with Crippen LogP contribution in [0.4, 0.5) is 5.69 Å². The summed E-state index contributed by atoms with van der Waals surface area (Å²) in [5.41, 5.74) is 6.37. The molecule has 0 atom stereocenters. The summed E-state index contributed by atoms with van der Waals surface area (Å²) in [6, 6.07) is 4.96. The second-order valence-corrected chi connectivity index (χ2v) is 6.48. The number of phenolic OH excluding ortho intramolecular Hbond substituents is 1. The molecule has 0 fully saturated rings. The largest absolute Gasteiger partial charge is 0.504 e. The van der Waals surface area contributed by atoms with Crippen molar-refractivity contribution in [3.05, 3.63) is 32.9 Å². The fourth-order valence-electron chi connectivity index (χ4n) is 2.94. The van der Waals surface area contributed by atoms with Crippen molar-refractivity contribution in [1.82, 2.24) is 0 Å². The summed E-state index contributed by atoms with van der Waals surface area (Å²) in [5, 5.41) is 10.5. The number of benzene rings is 2. The molecule has 3 rings (SSSR count). The number of hydrogen-bond acceptors (Lipinski definition) is 8. The predicted molar refractivity (Wildman–Crippen MR) is 108 cm³/mol. The van der Waals surface area contributed by atoms with Gasteiger partial charge < -0.3 is 34.2 Å². The Balaban J connectivity index is 2.44. The van der Waals surface area contributed by atoms with Gasteiger partial charge in [0.2, 0.25) is 22.7 Å². The van der Waals surface area contributed by atoms with Crippen molar-refractivity contribution >= 4 is 32.6 Å². The first-order valence-electron chi connectivity index (χ1n) is 8.00. The van der Waals surface area contributed by atoms with Crippen LogP contribution in [-0.2, 0) is 0 Å². The average Bonchev–Trinajstić information content (AvgIpc) is 2.69. The molecule has 0 saturated carbocycles. The molecule has 1 heterocycles. The summed E-state index contributed by atoms with van der Waals surface area (Å²) in [6.45, 7) is 0. The van der Waals surface area contributed by atoms with E-state index in [0.29, 0.717) is 17.0 Å². The maximum Gasteiger partial charge on any atom is 0.211 e. The molecule has 0 aliphatic carbocycles. The number of hydrogen-bond donors (Lipinski definition) is 2. The van der Waals surface area contributed by atoms with Crippen LogP contribution in [0.3, 0.4) is 0 Å². The first-order valence-corrected chi connectivity index (χ1v) is 8.79. The van der Waals surface area contributed by atoms with Crippen LogP contribution in [0.5, 0.6) is 28.7 Å². The zero-order valence-corrected chi connectivity index (χ0v) is 17.2. The third-order valence-electron chi connectivity index (χ3n) is 4.23. The first kappa shape index (κ1) is 19.7. The third-order valence-corrected chi connectivity index (χ3v) is 4.95. The van der Waals surface area contributed by atoms with Gasteiger partial charge in [-0.2, -0.15) is 0 Å². The molecule has 0 aliphatic rings. The van der Waals surface area contributed by atoms with E-state index in [9.17, 15) is 9.90 Å². The molecule has 0 spiro atoms. The molecule has 0 radical (unpaired) electrons. The minimum Gasteiger partial charge on any atom is -0.504 e. The van der Waals surface area contributed by atoms with Crippen molar-refractivity contribution < 1.29 is 28.5 Å².